The molecule has 0 atom stereocenters. The van der Waals surface area contributed by atoms with Crippen LogP contribution in [0, 0.1) is 11.6 Å². The Bertz CT molecular complexity index is 1400. The van der Waals surface area contributed by atoms with E-state index in [1.165, 1.54) is 52.7 Å². The highest BCUT2D eigenvalue weighted by Crippen LogP contribution is 2.25. The fraction of sp³-hybridized carbons (Fsp3) is 0.192. The molecular formula is C26H23F2N3O2S. The van der Waals surface area contributed by atoms with Crippen LogP contribution in [-0.4, -0.2) is 33.4 Å². The minimum atomic E-state index is -0.418. The van der Waals surface area contributed by atoms with Crippen molar-refractivity contribution in [1.29, 1.82) is 0 Å². The van der Waals surface area contributed by atoms with E-state index in [4.69, 9.17) is 4.98 Å². The first-order valence-electron chi connectivity index (χ1n) is 10.9. The zero-order valence-corrected chi connectivity index (χ0v) is 19.6. The van der Waals surface area contributed by atoms with Gasteiger partial charge in [0.25, 0.3) is 11.5 Å². The van der Waals surface area contributed by atoms with Gasteiger partial charge in [-0.3, -0.25) is 14.2 Å². The van der Waals surface area contributed by atoms with Crippen molar-refractivity contribution in [1.82, 2.24) is 14.5 Å². The molecule has 174 valence electrons. The van der Waals surface area contributed by atoms with Crippen LogP contribution in [0.1, 0.15) is 29.8 Å². The Morgan fingerprint density at radius 2 is 1.71 bits per heavy atom. The standard InChI is InChI=1S/C26H23F2N3O2S/c1-3-30(4-2)24(32)18-8-13-22-23(15-18)29-26(34-16-17-6-5-7-20(28)14-17)31(25(22)33)21-11-9-19(27)10-12-21/h5-15H,3-4,16H2,1-2H3. The molecule has 8 heteroatoms. The quantitative estimate of drug-likeness (QED) is 0.262. The van der Waals surface area contributed by atoms with Gasteiger partial charge in [-0.15, -0.1) is 0 Å². The highest BCUT2D eigenvalue weighted by atomic mass is 32.2. The molecule has 0 saturated heterocycles. The second-order valence-electron chi connectivity index (χ2n) is 7.64. The average Bonchev–Trinajstić information content (AvgIpc) is 2.84. The molecule has 0 aliphatic heterocycles. The lowest BCUT2D eigenvalue weighted by Gasteiger charge is -2.19. The molecule has 0 aliphatic carbocycles. The van der Waals surface area contributed by atoms with E-state index in [9.17, 15) is 18.4 Å². The van der Waals surface area contributed by atoms with E-state index in [2.05, 4.69) is 0 Å². The molecule has 4 rings (SSSR count). The van der Waals surface area contributed by atoms with Gasteiger partial charge in [-0.1, -0.05) is 23.9 Å². The van der Waals surface area contributed by atoms with E-state index in [1.807, 2.05) is 13.8 Å². The molecule has 0 unspecified atom stereocenters. The van der Waals surface area contributed by atoms with Gasteiger partial charge in [0.1, 0.15) is 11.6 Å². The second kappa shape index (κ2) is 10.2. The van der Waals surface area contributed by atoms with Gasteiger partial charge >= 0.3 is 0 Å². The van der Waals surface area contributed by atoms with Crippen molar-refractivity contribution in [3.05, 3.63) is 99.8 Å². The number of carbonyl (C=O) groups is 1. The number of hydrogen-bond donors (Lipinski definition) is 0. The fourth-order valence-corrected chi connectivity index (χ4v) is 4.64. The number of aromatic nitrogens is 2. The summed E-state index contributed by atoms with van der Waals surface area (Å²) in [4.78, 5) is 32.7. The first-order valence-corrected chi connectivity index (χ1v) is 11.9. The Balaban J connectivity index is 1.83. The lowest BCUT2D eigenvalue weighted by atomic mass is 10.1. The molecule has 3 aromatic carbocycles. The molecule has 4 aromatic rings. The predicted octanol–water partition coefficient (Wildman–Crippen LogP) is 5.44. The van der Waals surface area contributed by atoms with Crippen LogP contribution in [0.5, 0.6) is 0 Å². The summed E-state index contributed by atoms with van der Waals surface area (Å²) in [6, 6.07) is 16.6. The zero-order valence-electron chi connectivity index (χ0n) is 18.8. The normalized spacial score (nSPS) is 11.1. The number of rotatable bonds is 7. The Hall–Kier alpha value is -3.52. The SMILES string of the molecule is CCN(CC)C(=O)c1ccc2c(=O)n(-c3ccc(F)cc3)c(SCc3cccc(F)c3)nc2c1. The van der Waals surface area contributed by atoms with Crippen molar-refractivity contribution >= 4 is 28.6 Å². The van der Waals surface area contributed by atoms with Crippen molar-refractivity contribution in [3.8, 4) is 5.69 Å². The summed E-state index contributed by atoms with van der Waals surface area (Å²) in [6.45, 7) is 4.95. The van der Waals surface area contributed by atoms with Gasteiger partial charge in [0.2, 0.25) is 0 Å². The van der Waals surface area contributed by atoms with Crippen LogP contribution in [0.3, 0.4) is 0 Å². The van der Waals surface area contributed by atoms with Gasteiger partial charge in [0, 0.05) is 24.4 Å². The highest BCUT2D eigenvalue weighted by Gasteiger charge is 2.18. The van der Waals surface area contributed by atoms with Crippen molar-refractivity contribution < 1.29 is 13.6 Å². The van der Waals surface area contributed by atoms with E-state index in [-0.39, 0.29) is 17.3 Å². The maximum absolute atomic E-state index is 13.6. The first kappa shape index (κ1) is 23.6. The molecule has 1 amide bonds. The monoisotopic (exact) mass is 479 g/mol. The number of carbonyl (C=O) groups excluding carboxylic acids is 1. The lowest BCUT2D eigenvalue weighted by Crippen LogP contribution is -2.30. The van der Waals surface area contributed by atoms with E-state index in [1.54, 1.807) is 35.2 Å². The molecule has 0 radical (unpaired) electrons. The van der Waals surface area contributed by atoms with E-state index in [0.717, 1.165) is 5.56 Å². The first-order chi connectivity index (χ1) is 16.4. The number of benzene rings is 3. The molecule has 0 fully saturated rings. The van der Waals surface area contributed by atoms with Crippen LogP contribution in [0.4, 0.5) is 8.78 Å². The third kappa shape index (κ3) is 4.87. The summed E-state index contributed by atoms with van der Waals surface area (Å²) >= 11 is 1.26. The van der Waals surface area contributed by atoms with Crippen molar-refractivity contribution in [2.75, 3.05) is 13.1 Å². The van der Waals surface area contributed by atoms with Crippen LogP contribution in [0.25, 0.3) is 16.6 Å². The van der Waals surface area contributed by atoms with Crippen molar-refractivity contribution in [2.45, 2.75) is 24.8 Å². The van der Waals surface area contributed by atoms with Crippen LogP contribution in [0.2, 0.25) is 0 Å². The van der Waals surface area contributed by atoms with Crippen LogP contribution >= 0.6 is 11.8 Å². The Morgan fingerprint density at radius 1 is 0.971 bits per heavy atom. The van der Waals surface area contributed by atoms with Gasteiger partial charge in [0.15, 0.2) is 5.16 Å². The number of halogens is 2. The van der Waals surface area contributed by atoms with Gasteiger partial charge < -0.3 is 4.90 Å². The largest absolute Gasteiger partial charge is 0.339 e. The molecule has 0 N–H and O–H groups in total. The summed E-state index contributed by atoms with van der Waals surface area (Å²) in [6.07, 6.45) is 0. The molecule has 1 aromatic heterocycles. The molecule has 1 heterocycles. The van der Waals surface area contributed by atoms with Crippen LogP contribution in [0.15, 0.2) is 76.7 Å². The van der Waals surface area contributed by atoms with E-state index < -0.39 is 5.82 Å². The number of amides is 1. The molecule has 0 aliphatic rings. The van der Waals surface area contributed by atoms with Crippen LogP contribution in [-0.2, 0) is 5.75 Å². The second-order valence-corrected chi connectivity index (χ2v) is 8.58. The van der Waals surface area contributed by atoms with Gasteiger partial charge in [0.05, 0.1) is 16.6 Å². The minimum Gasteiger partial charge on any atom is -0.339 e. The molecule has 5 nitrogen and oxygen atoms in total. The molecular weight excluding hydrogens is 456 g/mol. The summed E-state index contributed by atoms with van der Waals surface area (Å²) < 4.78 is 28.6. The lowest BCUT2D eigenvalue weighted by molar-refractivity contribution is 0.0773. The number of fused-ring (bicyclic) bond motifs is 1. The number of thioether (sulfide) groups is 1. The summed E-state index contributed by atoms with van der Waals surface area (Å²) in [5, 5.41) is 0.705. The van der Waals surface area contributed by atoms with Gasteiger partial charge in [-0.05, 0) is 74.0 Å². The number of hydrogen-bond acceptors (Lipinski definition) is 4. The molecule has 0 spiro atoms. The molecule has 0 saturated carbocycles. The molecule has 0 bridgehead atoms. The highest BCUT2D eigenvalue weighted by molar-refractivity contribution is 7.98. The minimum absolute atomic E-state index is 0.134. The third-order valence-electron chi connectivity index (χ3n) is 5.48. The van der Waals surface area contributed by atoms with Gasteiger partial charge in [-0.2, -0.15) is 0 Å². The number of nitrogens with zero attached hydrogens (tertiary/aromatic N) is 3. The predicted molar refractivity (Wildman–Crippen MR) is 131 cm³/mol. The third-order valence-corrected chi connectivity index (χ3v) is 6.49. The summed E-state index contributed by atoms with van der Waals surface area (Å²) in [5.74, 6) is -0.529. The summed E-state index contributed by atoms with van der Waals surface area (Å²) in [7, 11) is 0. The Kier molecular flexibility index (Phi) is 7.07. The smallest absolute Gasteiger partial charge is 0.266 e. The molecule has 34 heavy (non-hydrogen) atoms. The average molecular weight is 480 g/mol. The van der Waals surface area contributed by atoms with E-state index in [0.29, 0.717) is 46.2 Å². The van der Waals surface area contributed by atoms with E-state index >= 15 is 0 Å². The maximum atomic E-state index is 13.6. The Labute approximate surface area is 200 Å². The topological polar surface area (TPSA) is 55.2 Å². The zero-order chi connectivity index (χ0) is 24.2. The Morgan fingerprint density at radius 3 is 2.38 bits per heavy atom. The summed E-state index contributed by atoms with van der Waals surface area (Å²) in [5.41, 5.74) is 1.70. The maximum Gasteiger partial charge on any atom is 0.266 e. The van der Waals surface area contributed by atoms with Gasteiger partial charge in [-0.25, -0.2) is 13.8 Å². The van der Waals surface area contributed by atoms with Crippen LogP contribution < -0.4 is 5.56 Å². The fourth-order valence-electron chi connectivity index (χ4n) is 3.68. The van der Waals surface area contributed by atoms with Crippen molar-refractivity contribution in [2.24, 2.45) is 0 Å². The van der Waals surface area contributed by atoms with Crippen molar-refractivity contribution in [3.63, 3.8) is 0 Å².